The summed E-state index contributed by atoms with van der Waals surface area (Å²) in [5.74, 6) is 0. The Kier molecular flexibility index (Phi) is 3.07. The number of hydrogen-bond donors (Lipinski definition) is 0. The van der Waals surface area contributed by atoms with E-state index in [0.29, 0.717) is 0 Å². The third kappa shape index (κ3) is 2.65. The predicted molar refractivity (Wildman–Crippen MR) is 74.4 cm³/mol. The van der Waals surface area contributed by atoms with Gasteiger partial charge in [0.25, 0.3) is 0 Å². The van der Waals surface area contributed by atoms with Crippen molar-refractivity contribution in [3.05, 3.63) is 52.0 Å². The molecule has 0 spiro atoms. The van der Waals surface area contributed by atoms with Crippen molar-refractivity contribution in [3.63, 3.8) is 0 Å². The van der Waals surface area contributed by atoms with Gasteiger partial charge in [0.05, 0.1) is 0 Å². The van der Waals surface area contributed by atoms with E-state index in [-0.39, 0.29) is 5.41 Å². The van der Waals surface area contributed by atoms with Crippen molar-refractivity contribution in [2.24, 2.45) is 5.41 Å². The van der Waals surface area contributed by atoms with E-state index in [0.717, 1.165) is 10.9 Å². The minimum Gasteiger partial charge on any atom is -0.0833 e. The number of halogens is 1. The van der Waals surface area contributed by atoms with E-state index in [4.69, 9.17) is 0 Å². The Morgan fingerprint density at radius 2 is 1.94 bits per heavy atom. The second-order valence-electron chi connectivity index (χ2n) is 5.11. The fourth-order valence-electron chi connectivity index (χ4n) is 2.17. The van der Waals surface area contributed by atoms with Crippen molar-refractivity contribution in [2.45, 2.75) is 27.2 Å². The second-order valence-corrected chi connectivity index (χ2v) is 6.03. The number of rotatable bonds is 1. The lowest BCUT2D eigenvalue weighted by Crippen LogP contribution is -2.07. The number of benzene rings is 1. The lowest BCUT2D eigenvalue weighted by molar-refractivity contribution is 0.618. The van der Waals surface area contributed by atoms with Gasteiger partial charge < -0.3 is 0 Å². The maximum Gasteiger partial charge on any atom is 0.0183 e. The third-order valence-electron chi connectivity index (χ3n) is 2.84. The Hall–Kier alpha value is -0.820. The highest BCUT2D eigenvalue weighted by atomic mass is 79.9. The van der Waals surface area contributed by atoms with Gasteiger partial charge in [0, 0.05) is 9.89 Å². The molecule has 1 heteroatoms. The van der Waals surface area contributed by atoms with Gasteiger partial charge in [-0.3, -0.25) is 0 Å². The molecule has 1 aliphatic rings. The third-order valence-corrected chi connectivity index (χ3v) is 3.30. The van der Waals surface area contributed by atoms with Gasteiger partial charge in [0.1, 0.15) is 0 Å². The first-order valence-corrected chi connectivity index (χ1v) is 6.43. The Labute approximate surface area is 106 Å². The van der Waals surface area contributed by atoms with Gasteiger partial charge in [-0.2, -0.15) is 0 Å². The number of allylic oxidation sites excluding steroid dienone is 4. The zero-order chi connectivity index (χ0) is 11.8. The van der Waals surface area contributed by atoms with E-state index in [1.807, 2.05) is 0 Å². The Balaban J connectivity index is 2.42. The van der Waals surface area contributed by atoms with Crippen LogP contribution in [0.25, 0.3) is 5.57 Å². The SMILES string of the molecule is Cc1cc(Br)cc(C2=CC(C)(C)C=CC2)c1. The molecule has 0 unspecified atom stereocenters. The summed E-state index contributed by atoms with van der Waals surface area (Å²) < 4.78 is 1.16. The first-order chi connectivity index (χ1) is 7.46. The highest BCUT2D eigenvalue weighted by molar-refractivity contribution is 9.10. The molecule has 84 valence electrons. The van der Waals surface area contributed by atoms with E-state index in [9.17, 15) is 0 Å². The molecule has 16 heavy (non-hydrogen) atoms. The lowest BCUT2D eigenvalue weighted by Gasteiger charge is -2.22. The van der Waals surface area contributed by atoms with E-state index < -0.39 is 0 Å². The maximum atomic E-state index is 3.56. The van der Waals surface area contributed by atoms with Crippen LogP contribution in [0.2, 0.25) is 0 Å². The van der Waals surface area contributed by atoms with Gasteiger partial charge in [-0.25, -0.2) is 0 Å². The second kappa shape index (κ2) is 4.21. The summed E-state index contributed by atoms with van der Waals surface area (Å²) in [6, 6.07) is 6.60. The van der Waals surface area contributed by atoms with Gasteiger partial charge in [-0.05, 0) is 42.2 Å². The normalized spacial score (nSPS) is 18.4. The summed E-state index contributed by atoms with van der Waals surface area (Å²) in [4.78, 5) is 0. The van der Waals surface area contributed by atoms with E-state index in [1.54, 1.807) is 0 Å². The highest BCUT2D eigenvalue weighted by Gasteiger charge is 2.16. The fourth-order valence-corrected chi connectivity index (χ4v) is 2.78. The molecule has 0 aromatic heterocycles. The first-order valence-electron chi connectivity index (χ1n) is 5.63. The van der Waals surface area contributed by atoms with Gasteiger partial charge in [0.2, 0.25) is 0 Å². The molecule has 0 saturated heterocycles. The van der Waals surface area contributed by atoms with Gasteiger partial charge in [-0.1, -0.05) is 54.1 Å². The fraction of sp³-hybridized carbons (Fsp3) is 0.333. The van der Waals surface area contributed by atoms with Crippen LogP contribution in [0.4, 0.5) is 0 Å². The molecule has 0 bridgehead atoms. The van der Waals surface area contributed by atoms with Crippen molar-refractivity contribution in [1.29, 1.82) is 0 Å². The Morgan fingerprint density at radius 1 is 1.19 bits per heavy atom. The summed E-state index contributed by atoms with van der Waals surface area (Å²) in [5, 5.41) is 0. The summed E-state index contributed by atoms with van der Waals surface area (Å²) in [5.41, 5.74) is 4.25. The molecule has 0 aliphatic heterocycles. The predicted octanol–water partition coefficient (Wildman–Crippen LogP) is 5.13. The summed E-state index contributed by atoms with van der Waals surface area (Å²) in [7, 11) is 0. The van der Waals surface area contributed by atoms with E-state index in [1.165, 1.54) is 16.7 Å². The van der Waals surface area contributed by atoms with Gasteiger partial charge in [0.15, 0.2) is 0 Å². The van der Waals surface area contributed by atoms with Crippen LogP contribution in [-0.2, 0) is 0 Å². The average molecular weight is 277 g/mol. The minimum absolute atomic E-state index is 0.184. The Morgan fingerprint density at radius 3 is 2.56 bits per heavy atom. The average Bonchev–Trinajstić information content (AvgIpc) is 2.14. The van der Waals surface area contributed by atoms with Crippen molar-refractivity contribution in [2.75, 3.05) is 0 Å². The molecule has 0 saturated carbocycles. The Bertz CT molecular complexity index is 444. The molecule has 0 fully saturated rings. The summed E-state index contributed by atoms with van der Waals surface area (Å²) in [6.45, 7) is 6.62. The molecule has 0 heterocycles. The lowest BCUT2D eigenvalue weighted by atomic mass is 9.83. The van der Waals surface area contributed by atoms with Crippen LogP contribution in [0.3, 0.4) is 0 Å². The summed E-state index contributed by atoms with van der Waals surface area (Å²) in [6.07, 6.45) is 7.96. The molecule has 0 radical (unpaired) electrons. The van der Waals surface area contributed by atoms with Gasteiger partial charge in [-0.15, -0.1) is 0 Å². The molecule has 2 rings (SSSR count). The molecular formula is C15H17Br. The van der Waals surface area contributed by atoms with Crippen LogP contribution in [0.15, 0.2) is 40.9 Å². The van der Waals surface area contributed by atoms with Crippen LogP contribution in [-0.4, -0.2) is 0 Å². The first kappa shape index (κ1) is 11.7. The molecule has 1 aromatic carbocycles. The van der Waals surface area contributed by atoms with Crippen LogP contribution in [0, 0.1) is 12.3 Å². The molecule has 1 aliphatic carbocycles. The van der Waals surface area contributed by atoms with E-state index >= 15 is 0 Å². The maximum absolute atomic E-state index is 3.56. The molecule has 0 N–H and O–H groups in total. The van der Waals surface area contributed by atoms with Crippen LogP contribution in [0.1, 0.15) is 31.4 Å². The van der Waals surface area contributed by atoms with Crippen molar-refractivity contribution in [3.8, 4) is 0 Å². The highest BCUT2D eigenvalue weighted by Crippen LogP contribution is 2.33. The van der Waals surface area contributed by atoms with Gasteiger partial charge >= 0.3 is 0 Å². The largest absolute Gasteiger partial charge is 0.0833 e. The number of hydrogen-bond acceptors (Lipinski definition) is 0. The summed E-state index contributed by atoms with van der Waals surface area (Å²) >= 11 is 3.56. The smallest absolute Gasteiger partial charge is 0.0183 e. The van der Waals surface area contributed by atoms with Crippen molar-refractivity contribution < 1.29 is 0 Å². The topological polar surface area (TPSA) is 0 Å². The molecule has 0 nitrogen and oxygen atoms in total. The quantitative estimate of drug-likeness (QED) is 0.624. The molecule has 0 atom stereocenters. The van der Waals surface area contributed by atoms with Crippen LogP contribution >= 0.6 is 15.9 Å². The van der Waals surface area contributed by atoms with E-state index in [2.05, 4.69) is 73.1 Å². The molecule has 0 amide bonds. The zero-order valence-corrected chi connectivity index (χ0v) is 11.6. The van der Waals surface area contributed by atoms with Crippen LogP contribution in [0.5, 0.6) is 0 Å². The minimum atomic E-state index is 0.184. The standard InChI is InChI=1S/C15H17Br/c1-11-7-13(9-14(16)8-11)12-5-4-6-15(2,3)10-12/h4,6-10H,5H2,1-3H3. The molecule has 1 aromatic rings. The zero-order valence-electron chi connectivity index (χ0n) is 10.0. The van der Waals surface area contributed by atoms with Crippen molar-refractivity contribution >= 4 is 21.5 Å². The monoisotopic (exact) mass is 276 g/mol. The van der Waals surface area contributed by atoms with Crippen molar-refractivity contribution in [1.82, 2.24) is 0 Å². The van der Waals surface area contributed by atoms with Crippen LogP contribution < -0.4 is 0 Å². The molecular weight excluding hydrogens is 260 g/mol. The number of aryl methyl sites for hydroxylation is 1.